The van der Waals surface area contributed by atoms with Gasteiger partial charge in [0.1, 0.15) is 23.0 Å². The van der Waals surface area contributed by atoms with Crippen molar-refractivity contribution in [1.82, 2.24) is 19.0 Å². The first-order chi connectivity index (χ1) is 20.4. The van der Waals surface area contributed by atoms with Gasteiger partial charge in [0.25, 0.3) is 0 Å². The topological polar surface area (TPSA) is 92.8 Å². The predicted octanol–water partition coefficient (Wildman–Crippen LogP) is 5.85. The minimum atomic E-state index is -0.566. The third-order valence-electron chi connectivity index (χ3n) is 8.10. The van der Waals surface area contributed by atoms with Gasteiger partial charge in [-0.25, -0.2) is 19.0 Å². The van der Waals surface area contributed by atoms with Gasteiger partial charge in [-0.05, 0) is 74.7 Å². The lowest BCUT2D eigenvalue weighted by Crippen LogP contribution is -2.42. The maximum Gasteiger partial charge on any atom is 0.410 e. The molecule has 11 heteroatoms. The van der Waals surface area contributed by atoms with Crippen LogP contribution in [0, 0.1) is 11.7 Å². The number of benzene rings is 2. The number of pyridine rings is 1. The average molecular weight is 606 g/mol. The van der Waals surface area contributed by atoms with Crippen LogP contribution in [0.5, 0.6) is 5.75 Å². The van der Waals surface area contributed by atoms with Crippen molar-refractivity contribution in [3.63, 3.8) is 0 Å². The number of aromatic nitrogens is 3. The van der Waals surface area contributed by atoms with Gasteiger partial charge >= 0.3 is 11.8 Å². The normalized spacial score (nSPS) is 18.3. The van der Waals surface area contributed by atoms with Gasteiger partial charge in [0, 0.05) is 62.3 Å². The molecule has 2 atom stereocenters. The molecule has 2 saturated heterocycles. The maximum atomic E-state index is 15.0. The molecule has 2 aliphatic heterocycles. The smallest absolute Gasteiger partial charge is 0.410 e. The number of nitrogens with zero attached hydrogens (tertiary/aromatic N) is 5. The van der Waals surface area contributed by atoms with E-state index in [-0.39, 0.29) is 34.2 Å². The summed E-state index contributed by atoms with van der Waals surface area (Å²) in [5.74, 6) is 0.353. The number of amides is 1. The maximum absolute atomic E-state index is 15.0. The molecule has 2 aromatic carbocycles. The van der Waals surface area contributed by atoms with Crippen molar-refractivity contribution in [2.75, 3.05) is 24.5 Å². The number of carbonyl (C=O) groups is 1. The van der Waals surface area contributed by atoms with Crippen molar-refractivity contribution in [3.8, 4) is 33.7 Å². The SMILES string of the molecule is Cn1ccn(-c2ccc(-c3cc(F)cc(-c4ccnc(N5CC6CCN(C(=O)OC(C)(C)C)C6C5)c4)c3O)cc2Cl)c1=O. The van der Waals surface area contributed by atoms with Crippen molar-refractivity contribution in [3.05, 3.63) is 82.4 Å². The predicted molar refractivity (Wildman–Crippen MR) is 163 cm³/mol. The lowest BCUT2D eigenvalue weighted by atomic mass is 9.97. The summed E-state index contributed by atoms with van der Waals surface area (Å²) in [6, 6.07) is 11.1. The highest BCUT2D eigenvalue weighted by molar-refractivity contribution is 6.32. The molecule has 0 spiro atoms. The number of fused-ring (bicyclic) bond motifs is 1. The van der Waals surface area contributed by atoms with E-state index in [1.807, 2.05) is 31.7 Å². The molecular weight excluding hydrogens is 573 g/mol. The molecule has 2 fully saturated rings. The highest BCUT2D eigenvalue weighted by atomic mass is 35.5. The monoisotopic (exact) mass is 605 g/mol. The van der Waals surface area contributed by atoms with Gasteiger partial charge in [0.15, 0.2) is 0 Å². The van der Waals surface area contributed by atoms with E-state index < -0.39 is 11.4 Å². The van der Waals surface area contributed by atoms with Crippen LogP contribution in [0.15, 0.2) is 65.8 Å². The molecule has 43 heavy (non-hydrogen) atoms. The van der Waals surface area contributed by atoms with E-state index in [1.165, 1.54) is 21.3 Å². The molecule has 4 heterocycles. The van der Waals surface area contributed by atoms with Gasteiger partial charge in [-0.2, -0.15) is 0 Å². The van der Waals surface area contributed by atoms with Crippen molar-refractivity contribution in [2.24, 2.45) is 13.0 Å². The number of anilines is 1. The summed E-state index contributed by atoms with van der Waals surface area (Å²) < 4.78 is 23.5. The van der Waals surface area contributed by atoms with E-state index >= 15 is 4.39 Å². The molecule has 0 bridgehead atoms. The number of rotatable bonds is 4. The fourth-order valence-electron chi connectivity index (χ4n) is 6.01. The molecule has 1 amide bonds. The van der Waals surface area contributed by atoms with E-state index in [0.29, 0.717) is 47.2 Å². The molecular formula is C32H33ClFN5O4. The van der Waals surface area contributed by atoms with Gasteiger partial charge < -0.3 is 24.2 Å². The first-order valence-corrected chi connectivity index (χ1v) is 14.5. The number of phenols is 1. The quantitative estimate of drug-likeness (QED) is 0.314. The van der Waals surface area contributed by atoms with Crippen LogP contribution in [0.25, 0.3) is 27.9 Å². The Kier molecular flexibility index (Phi) is 7.20. The Hall–Kier alpha value is -4.31. The number of aromatic hydroxyl groups is 1. The lowest BCUT2D eigenvalue weighted by Gasteiger charge is -2.28. The first-order valence-electron chi connectivity index (χ1n) is 14.2. The molecule has 4 aromatic rings. The molecule has 0 radical (unpaired) electrons. The summed E-state index contributed by atoms with van der Waals surface area (Å²) in [5, 5.41) is 11.6. The van der Waals surface area contributed by atoms with Crippen LogP contribution in [0.4, 0.5) is 15.0 Å². The Morgan fingerprint density at radius 1 is 1.07 bits per heavy atom. The largest absolute Gasteiger partial charge is 0.507 e. The van der Waals surface area contributed by atoms with Crippen LogP contribution in [0.1, 0.15) is 27.2 Å². The standard InChI is InChI=1S/C32H33ClFN5O4/c1-32(2,3)43-31(42)39-10-8-21-17-37(18-27(21)39)28-14-20(7-9-35-28)24-16-22(34)15-23(29(24)40)19-5-6-26(25(33)13-19)38-12-11-36(4)30(38)41/h5-7,9,11-16,21,27,40H,8,10,17-18H2,1-4H3. The van der Waals surface area contributed by atoms with Crippen LogP contribution < -0.4 is 10.6 Å². The fourth-order valence-corrected chi connectivity index (χ4v) is 6.28. The average Bonchev–Trinajstić information content (AvgIpc) is 3.64. The second-order valence-corrected chi connectivity index (χ2v) is 12.6. The third kappa shape index (κ3) is 5.47. The number of likely N-dealkylation sites (tertiary alicyclic amines) is 1. The van der Waals surface area contributed by atoms with Gasteiger partial charge in [-0.1, -0.05) is 17.7 Å². The van der Waals surface area contributed by atoms with E-state index in [0.717, 1.165) is 13.0 Å². The fraction of sp³-hybridized carbons (Fsp3) is 0.344. The van der Waals surface area contributed by atoms with Gasteiger partial charge in [-0.15, -0.1) is 0 Å². The van der Waals surface area contributed by atoms with Gasteiger partial charge in [-0.3, -0.25) is 4.57 Å². The first kappa shape index (κ1) is 28.8. The second-order valence-electron chi connectivity index (χ2n) is 12.2. The molecule has 2 unspecified atom stereocenters. The number of halogens is 2. The van der Waals surface area contributed by atoms with E-state index in [4.69, 9.17) is 16.3 Å². The van der Waals surface area contributed by atoms with Crippen molar-refractivity contribution in [2.45, 2.75) is 38.8 Å². The summed E-state index contributed by atoms with van der Waals surface area (Å²) in [6.07, 6.45) is 5.47. The Balaban J connectivity index is 1.28. The molecule has 1 N–H and O–H groups in total. The summed E-state index contributed by atoms with van der Waals surface area (Å²) >= 11 is 6.55. The number of hydrogen-bond acceptors (Lipinski definition) is 6. The minimum Gasteiger partial charge on any atom is -0.507 e. The number of ether oxygens (including phenoxy) is 1. The Bertz CT molecular complexity index is 1780. The third-order valence-corrected chi connectivity index (χ3v) is 8.40. The number of imidazole rings is 1. The van der Waals surface area contributed by atoms with Crippen molar-refractivity contribution in [1.29, 1.82) is 0 Å². The van der Waals surface area contributed by atoms with Gasteiger partial charge in [0.05, 0.1) is 16.8 Å². The van der Waals surface area contributed by atoms with Crippen LogP contribution in [-0.4, -0.2) is 61.5 Å². The molecule has 2 aromatic heterocycles. The lowest BCUT2D eigenvalue weighted by molar-refractivity contribution is 0.0229. The zero-order valence-electron chi connectivity index (χ0n) is 24.4. The van der Waals surface area contributed by atoms with Crippen LogP contribution >= 0.6 is 11.6 Å². The number of hydrogen-bond donors (Lipinski definition) is 1. The summed E-state index contributed by atoms with van der Waals surface area (Å²) in [4.78, 5) is 33.7. The Labute approximate surface area is 253 Å². The zero-order valence-corrected chi connectivity index (χ0v) is 25.2. The van der Waals surface area contributed by atoms with Crippen LogP contribution in [0.3, 0.4) is 0 Å². The highest BCUT2D eigenvalue weighted by Crippen LogP contribution is 2.42. The molecule has 0 aliphatic carbocycles. The van der Waals surface area contributed by atoms with Crippen molar-refractivity contribution < 1.29 is 19.0 Å². The number of carbonyl (C=O) groups excluding carboxylic acids is 1. The minimum absolute atomic E-state index is 0.0222. The summed E-state index contributed by atoms with van der Waals surface area (Å²) in [5.41, 5.74) is 1.34. The van der Waals surface area contributed by atoms with E-state index in [1.54, 1.807) is 49.9 Å². The molecule has 2 aliphatic rings. The number of aryl methyl sites for hydroxylation is 1. The zero-order chi connectivity index (χ0) is 30.6. The molecule has 224 valence electrons. The van der Waals surface area contributed by atoms with Crippen LogP contribution in [-0.2, 0) is 11.8 Å². The molecule has 0 saturated carbocycles. The number of phenolic OH excluding ortho intramolecular Hbond substituents is 1. The summed E-state index contributed by atoms with van der Waals surface area (Å²) in [7, 11) is 1.64. The molecule has 6 rings (SSSR count). The van der Waals surface area contributed by atoms with E-state index in [9.17, 15) is 14.7 Å². The summed E-state index contributed by atoms with van der Waals surface area (Å²) in [6.45, 7) is 7.58. The van der Waals surface area contributed by atoms with Crippen LogP contribution in [0.2, 0.25) is 5.02 Å². The molecule has 9 nitrogen and oxygen atoms in total. The van der Waals surface area contributed by atoms with E-state index in [2.05, 4.69) is 9.88 Å². The van der Waals surface area contributed by atoms with Gasteiger partial charge in [0.2, 0.25) is 0 Å². The Morgan fingerprint density at radius 2 is 1.79 bits per heavy atom. The highest BCUT2D eigenvalue weighted by Gasteiger charge is 2.45. The second kappa shape index (κ2) is 10.8. The Morgan fingerprint density at radius 3 is 2.44 bits per heavy atom. The van der Waals surface area contributed by atoms with Crippen molar-refractivity contribution >= 4 is 23.5 Å².